The van der Waals surface area contributed by atoms with Gasteiger partial charge in [-0.25, -0.2) is 0 Å². The van der Waals surface area contributed by atoms with Gasteiger partial charge in [0, 0.05) is 30.0 Å². The minimum atomic E-state index is 0.124. The number of nitrogens with zero attached hydrogens (tertiary/aromatic N) is 1. The Labute approximate surface area is 102 Å². The first-order chi connectivity index (χ1) is 8.16. The molecule has 1 aromatic rings. The maximum absolute atomic E-state index is 12.1. The molecular formula is C13H19N3O. The summed E-state index contributed by atoms with van der Waals surface area (Å²) in [6.07, 6.45) is 5.30. The van der Waals surface area contributed by atoms with Crippen LogP contribution < -0.4 is 10.6 Å². The van der Waals surface area contributed by atoms with Crippen LogP contribution in [0.25, 0.3) is 0 Å². The lowest BCUT2D eigenvalue weighted by atomic mass is 9.92. The second kappa shape index (κ2) is 5.27. The lowest BCUT2D eigenvalue weighted by Crippen LogP contribution is -2.40. The van der Waals surface area contributed by atoms with Gasteiger partial charge in [0.15, 0.2) is 0 Å². The van der Waals surface area contributed by atoms with Crippen molar-refractivity contribution in [1.82, 2.24) is 10.3 Å². The third kappa shape index (κ3) is 3.03. The van der Waals surface area contributed by atoms with Gasteiger partial charge >= 0.3 is 0 Å². The van der Waals surface area contributed by atoms with Crippen molar-refractivity contribution >= 4 is 11.6 Å². The van der Waals surface area contributed by atoms with Gasteiger partial charge < -0.3 is 10.6 Å². The van der Waals surface area contributed by atoms with Crippen molar-refractivity contribution in [2.75, 3.05) is 11.9 Å². The minimum Gasteiger partial charge on any atom is -0.325 e. The fourth-order valence-corrected chi connectivity index (χ4v) is 2.22. The van der Waals surface area contributed by atoms with Crippen LogP contribution in [0.3, 0.4) is 0 Å². The molecule has 2 N–H and O–H groups in total. The molecule has 2 rings (SSSR count). The summed E-state index contributed by atoms with van der Waals surface area (Å²) in [5.74, 6) is 0.256. The Morgan fingerprint density at radius 2 is 2.41 bits per heavy atom. The van der Waals surface area contributed by atoms with Gasteiger partial charge in [-0.3, -0.25) is 9.78 Å². The molecule has 2 heterocycles. The molecule has 1 aliphatic heterocycles. The quantitative estimate of drug-likeness (QED) is 0.817. The number of carbonyl (C=O) groups is 1. The van der Waals surface area contributed by atoms with Crippen LogP contribution in [0.2, 0.25) is 0 Å². The molecule has 1 fully saturated rings. The molecule has 1 amide bonds. The molecule has 4 nitrogen and oxygen atoms in total. The zero-order chi connectivity index (χ0) is 12.3. The van der Waals surface area contributed by atoms with Crippen molar-refractivity contribution in [3.63, 3.8) is 0 Å². The van der Waals surface area contributed by atoms with E-state index in [0.717, 1.165) is 30.6 Å². The van der Waals surface area contributed by atoms with E-state index in [4.69, 9.17) is 0 Å². The van der Waals surface area contributed by atoms with Crippen LogP contribution in [0, 0.1) is 12.8 Å². The van der Waals surface area contributed by atoms with Gasteiger partial charge in [0.1, 0.15) is 0 Å². The molecule has 0 saturated carbocycles. The fourth-order valence-electron chi connectivity index (χ4n) is 2.22. The number of hydrogen-bond donors (Lipinski definition) is 2. The number of nitrogens with one attached hydrogen (secondary N) is 2. The van der Waals surface area contributed by atoms with Crippen LogP contribution in [-0.4, -0.2) is 23.5 Å². The first-order valence-corrected chi connectivity index (χ1v) is 6.11. The predicted molar refractivity (Wildman–Crippen MR) is 67.8 cm³/mol. The van der Waals surface area contributed by atoms with Crippen molar-refractivity contribution in [3.8, 4) is 0 Å². The summed E-state index contributed by atoms with van der Waals surface area (Å²) in [5.41, 5.74) is 1.87. The van der Waals surface area contributed by atoms with Crippen molar-refractivity contribution in [2.24, 2.45) is 5.92 Å². The van der Waals surface area contributed by atoms with E-state index >= 15 is 0 Å². The van der Waals surface area contributed by atoms with E-state index in [-0.39, 0.29) is 11.8 Å². The normalized spacial score (nSPS) is 24.4. The Hall–Kier alpha value is -1.42. The van der Waals surface area contributed by atoms with Crippen molar-refractivity contribution in [3.05, 3.63) is 24.0 Å². The molecule has 2 atom stereocenters. The fraction of sp³-hybridized carbons (Fsp3) is 0.538. The maximum Gasteiger partial charge on any atom is 0.227 e. The zero-order valence-electron chi connectivity index (χ0n) is 10.4. The van der Waals surface area contributed by atoms with Crippen LogP contribution >= 0.6 is 0 Å². The molecule has 0 spiro atoms. The number of pyridine rings is 1. The van der Waals surface area contributed by atoms with Crippen molar-refractivity contribution in [2.45, 2.75) is 32.7 Å². The van der Waals surface area contributed by atoms with E-state index in [1.165, 1.54) is 0 Å². The number of rotatable bonds is 2. The first-order valence-electron chi connectivity index (χ1n) is 6.11. The Balaban J connectivity index is 1.99. The number of aryl methyl sites for hydroxylation is 1. The van der Waals surface area contributed by atoms with Gasteiger partial charge in [-0.05, 0) is 44.9 Å². The highest BCUT2D eigenvalue weighted by Crippen LogP contribution is 2.19. The summed E-state index contributed by atoms with van der Waals surface area (Å²) in [6.45, 7) is 5.00. The molecule has 17 heavy (non-hydrogen) atoms. The molecule has 0 aliphatic carbocycles. The number of piperidine rings is 1. The molecule has 0 aromatic carbocycles. The Kier molecular flexibility index (Phi) is 3.74. The molecule has 4 heteroatoms. The largest absolute Gasteiger partial charge is 0.325 e. The average molecular weight is 233 g/mol. The van der Waals surface area contributed by atoms with Crippen LogP contribution in [-0.2, 0) is 4.79 Å². The highest BCUT2D eigenvalue weighted by Gasteiger charge is 2.24. The first kappa shape index (κ1) is 12.0. The molecule has 0 bridgehead atoms. The second-order valence-electron chi connectivity index (χ2n) is 4.76. The number of aromatic nitrogens is 1. The van der Waals surface area contributed by atoms with E-state index in [1.807, 2.05) is 13.0 Å². The van der Waals surface area contributed by atoms with E-state index in [1.54, 1.807) is 12.4 Å². The molecule has 1 saturated heterocycles. The van der Waals surface area contributed by atoms with E-state index in [0.29, 0.717) is 6.04 Å². The second-order valence-corrected chi connectivity index (χ2v) is 4.76. The van der Waals surface area contributed by atoms with Crippen molar-refractivity contribution in [1.29, 1.82) is 0 Å². The van der Waals surface area contributed by atoms with Crippen molar-refractivity contribution < 1.29 is 4.79 Å². The standard InChI is InChI=1S/C13H19N3O/c1-9-8-14-5-4-12(9)16-13(17)11-3-6-15-10(2)7-11/h4-5,8,10-11,15H,3,6-7H2,1-2H3,(H,14,16,17)/t10-,11-/m0/s1. The molecule has 92 valence electrons. The molecule has 1 aliphatic rings. The number of carbonyl (C=O) groups excluding carboxylic acids is 1. The SMILES string of the molecule is Cc1cnccc1NC(=O)[C@H]1CCN[C@@H](C)C1. The summed E-state index contributed by atoms with van der Waals surface area (Å²) < 4.78 is 0. The summed E-state index contributed by atoms with van der Waals surface area (Å²) in [5, 5.41) is 6.35. The topological polar surface area (TPSA) is 54.0 Å². The lowest BCUT2D eigenvalue weighted by Gasteiger charge is -2.27. The summed E-state index contributed by atoms with van der Waals surface area (Å²) in [6, 6.07) is 2.27. The van der Waals surface area contributed by atoms with Crippen LogP contribution in [0.1, 0.15) is 25.3 Å². The minimum absolute atomic E-state index is 0.124. The van der Waals surface area contributed by atoms with E-state index in [9.17, 15) is 4.79 Å². The Morgan fingerprint density at radius 1 is 1.59 bits per heavy atom. The van der Waals surface area contributed by atoms with Gasteiger partial charge in [-0.1, -0.05) is 0 Å². The molecular weight excluding hydrogens is 214 g/mol. The van der Waals surface area contributed by atoms with E-state index in [2.05, 4.69) is 22.5 Å². The summed E-state index contributed by atoms with van der Waals surface area (Å²) in [4.78, 5) is 16.1. The number of hydrogen-bond acceptors (Lipinski definition) is 3. The zero-order valence-corrected chi connectivity index (χ0v) is 10.4. The smallest absolute Gasteiger partial charge is 0.227 e. The third-order valence-corrected chi connectivity index (χ3v) is 3.27. The van der Waals surface area contributed by atoms with E-state index < -0.39 is 0 Å². The maximum atomic E-state index is 12.1. The highest BCUT2D eigenvalue weighted by atomic mass is 16.1. The van der Waals surface area contributed by atoms with Crippen LogP contribution in [0.15, 0.2) is 18.5 Å². The van der Waals surface area contributed by atoms with Crippen LogP contribution in [0.5, 0.6) is 0 Å². The summed E-state index contributed by atoms with van der Waals surface area (Å²) >= 11 is 0. The number of amides is 1. The number of anilines is 1. The third-order valence-electron chi connectivity index (χ3n) is 3.27. The van der Waals surface area contributed by atoms with Crippen LogP contribution in [0.4, 0.5) is 5.69 Å². The average Bonchev–Trinajstić information content (AvgIpc) is 2.32. The summed E-state index contributed by atoms with van der Waals surface area (Å²) in [7, 11) is 0. The Bertz CT molecular complexity index is 405. The monoisotopic (exact) mass is 233 g/mol. The predicted octanol–water partition coefficient (Wildman–Crippen LogP) is 1.72. The van der Waals surface area contributed by atoms with Gasteiger partial charge in [0.05, 0.1) is 0 Å². The lowest BCUT2D eigenvalue weighted by molar-refractivity contribution is -0.120. The van der Waals surface area contributed by atoms with Gasteiger partial charge in [0.25, 0.3) is 0 Å². The highest BCUT2D eigenvalue weighted by molar-refractivity contribution is 5.93. The Morgan fingerprint density at radius 3 is 3.12 bits per heavy atom. The van der Waals surface area contributed by atoms with Gasteiger partial charge in [-0.15, -0.1) is 0 Å². The molecule has 1 aromatic heterocycles. The molecule has 0 unspecified atom stereocenters. The van der Waals surface area contributed by atoms with Gasteiger partial charge in [-0.2, -0.15) is 0 Å². The molecule has 0 radical (unpaired) electrons. The van der Waals surface area contributed by atoms with Gasteiger partial charge in [0.2, 0.25) is 5.91 Å².